The third kappa shape index (κ3) is 5.63. The number of aryl methyl sites for hydroxylation is 1. The minimum Gasteiger partial charge on any atom is -0.490 e. The van der Waals surface area contributed by atoms with Crippen molar-refractivity contribution in [2.75, 3.05) is 19.8 Å². The molecular formula is C27H33FN2O5. The van der Waals surface area contributed by atoms with Gasteiger partial charge in [0, 0.05) is 18.5 Å². The summed E-state index contributed by atoms with van der Waals surface area (Å²) in [6.45, 7) is 10.3. The van der Waals surface area contributed by atoms with Crippen molar-refractivity contribution >= 4 is 17.6 Å². The van der Waals surface area contributed by atoms with E-state index >= 15 is 4.39 Å². The number of nitrogens with zero attached hydrogens (tertiary/aromatic N) is 1. The number of carbonyl (C=O) groups is 2. The number of rotatable bonds is 10. The van der Waals surface area contributed by atoms with E-state index in [2.05, 4.69) is 0 Å². The minimum atomic E-state index is -0.871. The number of halogens is 1. The summed E-state index contributed by atoms with van der Waals surface area (Å²) in [4.78, 5) is 25.8. The van der Waals surface area contributed by atoms with Crippen LogP contribution in [-0.2, 0) is 23.2 Å². The molecule has 0 fully saturated rings. The number of carboxylic acids is 1. The molecule has 2 aromatic rings. The quantitative estimate of drug-likeness (QED) is 0.462. The first-order valence-electron chi connectivity index (χ1n) is 11.8. The molecule has 7 nitrogen and oxygen atoms in total. The van der Waals surface area contributed by atoms with E-state index in [1.165, 1.54) is 4.90 Å². The van der Waals surface area contributed by atoms with Crippen LogP contribution in [0.25, 0.3) is 0 Å². The Labute approximate surface area is 205 Å². The van der Waals surface area contributed by atoms with Crippen LogP contribution >= 0.6 is 0 Å². The second kappa shape index (κ2) is 10.5. The van der Waals surface area contributed by atoms with Gasteiger partial charge < -0.3 is 19.5 Å². The van der Waals surface area contributed by atoms with Crippen molar-refractivity contribution < 1.29 is 28.6 Å². The highest BCUT2D eigenvalue weighted by atomic mass is 19.1. The van der Waals surface area contributed by atoms with Gasteiger partial charge in [-0.15, -0.1) is 0 Å². The Hall–Kier alpha value is -3.42. The van der Waals surface area contributed by atoms with E-state index in [9.17, 15) is 9.59 Å². The third-order valence-electron chi connectivity index (χ3n) is 5.95. The molecular weight excluding hydrogens is 451 g/mol. The predicted octanol–water partition coefficient (Wildman–Crippen LogP) is 4.96. The monoisotopic (exact) mass is 484 g/mol. The van der Waals surface area contributed by atoms with E-state index in [1.807, 2.05) is 32.9 Å². The van der Waals surface area contributed by atoms with Crippen molar-refractivity contribution in [2.24, 2.45) is 0 Å². The van der Waals surface area contributed by atoms with E-state index < -0.39 is 11.8 Å². The SMILES string of the molecule is CCOc1cc2c(c(F)c1OCC)C(=N)N(CC(=O)c1ccc(CCC(=O)O)c(C(C)(C)C)c1)C2. The molecule has 0 aliphatic carbocycles. The fourth-order valence-electron chi connectivity index (χ4n) is 4.33. The van der Waals surface area contributed by atoms with Crippen molar-refractivity contribution in [3.8, 4) is 11.5 Å². The molecule has 3 rings (SSSR count). The second-order valence-electron chi connectivity index (χ2n) is 9.56. The van der Waals surface area contributed by atoms with Crippen LogP contribution in [0, 0.1) is 11.2 Å². The summed E-state index contributed by atoms with van der Waals surface area (Å²) in [7, 11) is 0. The summed E-state index contributed by atoms with van der Waals surface area (Å²) in [5, 5.41) is 17.6. The molecule has 0 atom stereocenters. The molecule has 0 amide bonds. The second-order valence-corrected chi connectivity index (χ2v) is 9.56. The third-order valence-corrected chi connectivity index (χ3v) is 5.95. The zero-order valence-corrected chi connectivity index (χ0v) is 21.0. The number of fused-ring (bicyclic) bond motifs is 1. The van der Waals surface area contributed by atoms with Crippen molar-refractivity contribution in [1.29, 1.82) is 5.41 Å². The Balaban J connectivity index is 1.86. The summed E-state index contributed by atoms with van der Waals surface area (Å²) in [6.07, 6.45) is 0.394. The van der Waals surface area contributed by atoms with Gasteiger partial charge in [-0.2, -0.15) is 0 Å². The molecule has 0 saturated carbocycles. The standard InChI is InChI=1S/C27H33FN2O5/c1-6-34-21-13-18-14-30(26(29)23(18)24(28)25(21)35-7-2)15-20(31)17-9-8-16(10-11-22(32)33)19(12-17)27(3,4)5/h8-9,12-13,29H,6-7,10-11,14-15H2,1-5H3,(H,32,33). The molecule has 188 valence electrons. The number of aliphatic carboxylic acids is 1. The summed E-state index contributed by atoms with van der Waals surface area (Å²) >= 11 is 0. The molecule has 1 aliphatic heterocycles. The van der Waals surface area contributed by atoms with Gasteiger partial charge in [-0.05, 0) is 54.5 Å². The van der Waals surface area contributed by atoms with Crippen LogP contribution in [0.15, 0.2) is 24.3 Å². The highest BCUT2D eigenvalue weighted by Gasteiger charge is 2.33. The van der Waals surface area contributed by atoms with Gasteiger partial charge in [0.1, 0.15) is 5.84 Å². The lowest BCUT2D eigenvalue weighted by Crippen LogP contribution is -2.30. The van der Waals surface area contributed by atoms with Gasteiger partial charge in [-0.3, -0.25) is 15.0 Å². The van der Waals surface area contributed by atoms with E-state index in [0.717, 1.165) is 11.1 Å². The lowest BCUT2D eigenvalue weighted by molar-refractivity contribution is -0.136. The summed E-state index contributed by atoms with van der Waals surface area (Å²) in [5.41, 5.74) is 2.71. The van der Waals surface area contributed by atoms with E-state index in [-0.39, 0.29) is 54.5 Å². The van der Waals surface area contributed by atoms with Crippen LogP contribution in [0.1, 0.15) is 73.7 Å². The summed E-state index contributed by atoms with van der Waals surface area (Å²) in [6, 6.07) is 7.00. The first kappa shape index (κ1) is 26.2. The van der Waals surface area contributed by atoms with Crippen LogP contribution in [0.3, 0.4) is 0 Å². The topological polar surface area (TPSA) is 99.9 Å². The van der Waals surface area contributed by atoms with Gasteiger partial charge in [0.05, 0.1) is 25.3 Å². The number of nitrogens with one attached hydrogen (secondary N) is 1. The molecule has 0 spiro atoms. The average molecular weight is 485 g/mol. The molecule has 0 radical (unpaired) electrons. The van der Waals surface area contributed by atoms with Gasteiger partial charge in [0.2, 0.25) is 0 Å². The fraction of sp³-hybridized carbons (Fsp3) is 0.444. The average Bonchev–Trinajstić information content (AvgIpc) is 3.09. The zero-order chi connectivity index (χ0) is 25.9. The van der Waals surface area contributed by atoms with E-state index in [4.69, 9.17) is 20.0 Å². The van der Waals surface area contributed by atoms with Gasteiger partial charge in [0.25, 0.3) is 0 Å². The fourth-order valence-corrected chi connectivity index (χ4v) is 4.33. The van der Waals surface area contributed by atoms with Crippen molar-refractivity contribution in [1.82, 2.24) is 4.90 Å². The van der Waals surface area contributed by atoms with E-state index in [1.54, 1.807) is 26.0 Å². The van der Waals surface area contributed by atoms with Gasteiger partial charge in [-0.25, -0.2) is 4.39 Å². The predicted molar refractivity (Wildman–Crippen MR) is 131 cm³/mol. The molecule has 35 heavy (non-hydrogen) atoms. The van der Waals surface area contributed by atoms with E-state index in [0.29, 0.717) is 29.9 Å². The molecule has 8 heteroatoms. The van der Waals surface area contributed by atoms with Crippen molar-refractivity contribution in [3.63, 3.8) is 0 Å². The summed E-state index contributed by atoms with van der Waals surface area (Å²) < 4.78 is 26.3. The van der Waals surface area contributed by atoms with Crippen molar-refractivity contribution in [2.45, 2.75) is 59.4 Å². The molecule has 0 saturated heterocycles. The maximum Gasteiger partial charge on any atom is 0.303 e. The van der Waals surface area contributed by atoms with Crippen LogP contribution in [0.2, 0.25) is 0 Å². The Morgan fingerprint density at radius 2 is 1.83 bits per heavy atom. The van der Waals surface area contributed by atoms with Gasteiger partial charge in [0.15, 0.2) is 23.1 Å². The smallest absolute Gasteiger partial charge is 0.303 e. The van der Waals surface area contributed by atoms with Crippen LogP contribution in [0.5, 0.6) is 11.5 Å². The van der Waals surface area contributed by atoms with Crippen LogP contribution in [0.4, 0.5) is 4.39 Å². The highest BCUT2D eigenvalue weighted by molar-refractivity contribution is 6.05. The number of carboxylic acid groups (broad SMARTS) is 1. The lowest BCUT2D eigenvalue weighted by atomic mass is 9.81. The first-order valence-corrected chi connectivity index (χ1v) is 11.8. The Kier molecular flexibility index (Phi) is 7.83. The van der Waals surface area contributed by atoms with Crippen molar-refractivity contribution in [3.05, 3.63) is 57.9 Å². The Bertz CT molecular complexity index is 1150. The summed E-state index contributed by atoms with van der Waals surface area (Å²) in [5.74, 6) is -1.51. The van der Waals surface area contributed by atoms with Gasteiger partial charge in [-0.1, -0.05) is 32.9 Å². The number of hydrogen-bond acceptors (Lipinski definition) is 5. The molecule has 2 aromatic carbocycles. The molecule has 1 aliphatic rings. The lowest BCUT2D eigenvalue weighted by Gasteiger charge is -2.24. The number of amidine groups is 1. The van der Waals surface area contributed by atoms with Crippen LogP contribution in [-0.4, -0.2) is 47.4 Å². The number of carbonyl (C=O) groups excluding carboxylic acids is 1. The maximum absolute atomic E-state index is 15.3. The Morgan fingerprint density at radius 3 is 2.43 bits per heavy atom. The molecule has 1 heterocycles. The minimum absolute atomic E-state index is 0.0125. The van der Waals surface area contributed by atoms with Gasteiger partial charge >= 0.3 is 5.97 Å². The largest absolute Gasteiger partial charge is 0.490 e. The number of ether oxygens (including phenoxy) is 2. The number of ketones is 1. The Morgan fingerprint density at radius 1 is 1.14 bits per heavy atom. The number of hydrogen-bond donors (Lipinski definition) is 2. The first-order chi connectivity index (χ1) is 16.5. The maximum atomic E-state index is 15.3. The number of benzene rings is 2. The normalized spacial score (nSPS) is 13.1. The zero-order valence-electron chi connectivity index (χ0n) is 21.0. The highest BCUT2D eigenvalue weighted by Crippen LogP contribution is 2.39. The molecule has 0 aromatic heterocycles. The van der Waals surface area contributed by atoms with Crippen LogP contribution < -0.4 is 9.47 Å². The molecule has 2 N–H and O–H groups in total. The molecule has 0 unspecified atom stereocenters. The molecule has 0 bridgehead atoms. The number of Topliss-reactive ketones (excluding diaryl/α,β-unsaturated/α-hetero) is 1.